The summed E-state index contributed by atoms with van der Waals surface area (Å²) in [5, 5.41) is 17.6. The van der Waals surface area contributed by atoms with E-state index < -0.39 is 11.7 Å². The van der Waals surface area contributed by atoms with E-state index in [1.54, 1.807) is 53.0 Å². The third-order valence-corrected chi connectivity index (χ3v) is 14.0. The van der Waals surface area contributed by atoms with Gasteiger partial charge in [0.05, 0.1) is 54.5 Å². The molecule has 0 aliphatic heterocycles. The highest BCUT2D eigenvalue weighted by Crippen LogP contribution is 2.51. The Balaban J connectivity index is 1.33. The van der Waals surface area contributed by atoms with Crippen LogP contribution in [0.3, 0.4) is 0 Å². The number of hydrogen-bond acceptors (Lipinski definition) is 3. The van der Waals surface area contributed by atoms with E-state index in [-0.39, 0.29) is 11.4 Å². The second-order valence-electron chi connectivity index (χ2n) is 14.6. The van der Waals surface area contributed by atoms with E-state index in [0.29, 0.717) is 33.2 Å². The number of thiophene rings is 2. The minimum Gasteiger partial charge on any atom is -0.307 e. The van der Waals surface area contributed by atoms with E-state index in [0.717, 1.165) is 67.4 Å². The first kappa shape index (κ1) is 33.2. The predicted molar refractivity (Wildman–Crippen MR) is 236 cm³/mol. The molecule has 4 aromatic heterocycles. The van der Waals surface area contributed by atoms with Crippen LogP contribution >= 0.6 is 22.7 Å². The van der Waals surface area contributed by atoms with Gasteiger partial charge in [0.15, 0.2) is 0 Å². The van der Waals surface area contributed by atoms with Crippen LogP contribution in [0.2, 0.25) is 0 Å². The molecule has 12 aromatic rings. The molecule has 58 heavy (non-hydrogen) atoms. The van der Waals surface area contributed by atoms with Gasteiger partial charge in [-0.1, -0.05) is 115 Å². The van der Waals surface area contributed by atoms with Gasteiger partial charge in [-0.05, 0) is 48.0 Å². The third kappa shape index (κ3) is 4.54. The number of para-hydroxylation sites is 2. The van der Waals surface area contributed by atoms with E-state index in [2.05, 4.69) is 48.5 Å². The van der Waals surface area contributed by atoms with E-state index in [1.165, 1.54) is 0 Å². The molecule has 0 radical (unpaired) electrons. The summed E-state index contributed by atoms with van der Waals surface area (Å²) >= 11 is 3.20. The minimum absolute atomic E-state index is 0.0192. The van der Waals surface area contributed by atoms with Gasteiger partial charge >= 0.3 is 6.18 Å². The normalized spacial score (nSPS) is 12.4. The summed E-state index contributed by atoms with van der Waals surface area (Å²) in [4.78, 5) is 0. The maximum atomic E-state index is 16.8. The maximum absolute atomic E-state index is 16.8. The molecule has 0 fully saturated rings. The van der Waals surface area contributed by atoms with Crippen LogP contribution < -0.4 is 0 Å². The number of aromatic nitrogens is 2. The van der Waals surface area contributed by atoms with Gasteiger partial charge in [-0.2, -0.15) is 18.4 Å². The quantitative estimate of drug-likeness (QED) is 0.175. The molecule has 3 nitrogen and oxygen atoms in total. The molecule has 0 amide bonds. The van der Waals surface area contributed by atoms with Gasteiger partial charge < -0.3 is 9.13 Å². The SMILES string of the molecule is N#Cc1cccc(-c2ccc(-n3c4ccccc4c4ccc5c6ccccc6sc5c43)c(C(F)(F)F)c2-n2c3ccccc3c3ccc4c5ccccc5sc4c32)c1. The van der Waals surface area contributed by atoms with Crippen molar-refractivity contribution in [1.82, 2.24) is 9.13 Å². The Kier molecular flexibility index (Phi) is 6.90. The molecule has 8 aromatic carbocycles. The average Bonchev–Trinajstić information content (AvgIpc) is 4.00. The van der Waals surface area contributed by atoms with E-state index in [9.17, 15) is 5.26 Å². The topological polar surface area (TPSA) is 33.6 Å². The van der Waals surface area contributed by atoms with Gasteiger partial charge in [0.2, 0.25) is 0 Å². The molecule has 12 rings (SSSR count). The van der Waals surface area contributed by atoms with Gasteiger partial charge in [0, 0.05) is 58.1 Å². The molecule has 0 aliphatic carbocycles. The number of benzene rings is 8. The van der Waals surface area contributed by atoms with Crippen LogP contribution in [-0.4, -0.2) is 9.13 Å². The zero-order chi connectivity index (χ0) is 38.9. The lowest BCUT2D eigenvalue weighted by atomic mass is 9.96. The Morgan fingerprint density at radius 2 is 1.00 bits per heavy atom. The number of nitrogens with zero attached hydrogens (tertiary/aromatic N) is 3. The van der Waals surface area contributed by atoms with Crippen LogP contribution in [0.25, 0.3) is 106 Å². The van der Waals surface area contributed by atoms with Gasteiger partial charge in [-0.3, -0.25) is 0 Å². The number of alkyl halides is 3. The Morgan fingerprint density at radius 3 is 1.59 bits per heavy atom. The zero-order valence-electron chi connectivity index (χ0n) is 30.3. The van der Waals surface area contributed by atoms with E-state index in [1.807, 2.05) is 94.1 Å². The van der Waals surface area contributed by atoms with Crippen LogP contribution in [0, 0.1) is 11.3 Å². The van der Waals surface area contributed by atoms with Crippen molar-refractivity contribution < 1.29 is 13.2 Å². The minimum atomic E-state index is -4.83. The molecule has 4 heterocycles. The molecule has 0 atom stereocenters. The Labute approximate surface area is 336 Å². The van der Waals surface area contributed by atoms with Gasteiger partial charge in [0.1, 0.15) is 5.56 Å². The molecular weight excluding hydrogens is 764 g/mol. The number of hydrogen-bond donors (Lipinski definition) is 0. The first-order valence-electron chi connectivity index (χ1n) is 18.8. The molecule has 0 saturated carbocycles. The second kappa shape index (κ2) is 12.0. The lowest BCUT2D eigenvalue weighted by Gasteiger charge is -2.24. The highest BCUT2D eigenvalue weighted by molar-refractivity contribution is 7.27. The van der Waals surface area contributed by atoms with Crippen LogP contribution in [0.1, 0.15) is 11.1 Å². The number of rotatable bonds is 3. The van der Waals surface area contributed by atoms with Gasteiger partial charge in [-0.25, -0.2) is 0 Å². The molecule has 8 heteroatoms. The number of fused-ring (bicyclic) bond motifs is 14. The molecule has 0 saturated heterocycles. The van der Waals surface area contributed by atoms with Crippen molar-refractivity contribution in [3.63, 3.8) is 0 Å². The Hall–Kier alpha value is -6.92. The fraction of sp³-hybridized carbons (Fsp3) is 0.0200. The Bertz CT molecular complexity index is 3760. The Morgan fingerprint density at radius 1 is 0.483 bits per heavy atom. The number of halogens is 3. The molecule has 0 bridgehead atoms. The standard InChI is InChI=1S/C50H26F3N3S2/c51-50(52,53)44-41(55-39-16-5-1-12-31(39)35-20-22-37-33-14-3-7-18-42(33)57-48(37)46(35)55)25-24-30(29-11-9-10-28(26-29)27-54)45(44)56-40-17-6-2-13-32(40)36-21-23-38-34-15-4-8-19-43(34)58-49(38)47(36)56/h1-26H. The fourth-order valence-corrected chi connectivity index (χ4v) is 11.7. The zero-order valence-corrected chi connectivity index (χ0v) is 31.9. The predicted octanol–water partition coefficient (Wildman–Crippen LogP) is 15.2. The smallest absolute Gasteiger partial charge is 0.307 e. The highest BCUT2D eigenvalue weighted by Gasteiger charge is 2.41. The molecule has 274 valence electrons. The highest BCUT2D eigenvalue weighted by atomic mass is 32.1. The maximum Gasteiger partial charge on any atom is 0.420 e. The van der Waals surface area contributed by atoms with Crippen LogP contribution in [-0.2, 0) is 6.18 Å². The van der Waals surface area contributed by atoms with Crippen molar-refractivity contribution in [3.8, 4) is 28.6 Å². The number of nitriles is 1. The van der Waals surface area contributed by atoms with Crippen molar-refractivity contribution in [2.24, 2.45) is 0 Å². The molecule has 0 N–H and O–H groups in total. The van der Waals surface area contributed by atoms with Crippen molar-refractivity contribution in [1.29, 1.82) is 5.26 Å². The van der Waals surface area contributed by atoms with Crippen LogP contribution in [0.5, 0.6) is 0 Å². The van der Waals surface area contributed by atoms with Gasteiger partial charge in [-0.15, -0.1) is 22.7 Å². The summed E-state index contributed by atoms with van der Waals surface area (Å²) in [6.45, 7) is 0. The van der Waals surface area contributed by atoms with E-state index >= 15 is 13.2 Å². The summed E-state index contributed by atoms with van der Waals surface area (Å²) in [6, 6.07) is 52.6. The largest absolute Gasteiger partial charge is 0.420 e. The second-order valence-corrected chi connectivity index (χ2v) is 16.7. The third-order valence-electron chi connectivity index (χ3n) is 11.6. The van der Waals surface area contributed by atoms with Crippen molar-refractivity contribution in [2.75, 3.05) is 0 Å². The summed E-state index contributed by atoms with van der Waals surface area (Å²) in [7, 11) is 0. The molecule has 0 unspecified atom stereocenters. The molecule has 0 spiro atoms. The van der Waals surface area contributed by atoms with Crippen molar-refractivity contribution >= 4 is 107 Å². The summed E-state index contributed by atoms with van der Waals surface area (Å²) in [6.07, 6.45) is -4.83. The molecular formula is C50H26F3N3S2. The fourth-order valence-electron chi connectivity index (χ4n) is 9.21. The molecule has 0 aliphatic rings. The van der Waals surface area contributed by atoms with Gasteiger partial charge in [0.25, 0.3) is 0 Å². The lowest BCUT2D eigenvalue weighted by molar-refractivity contribution is -0.137. The van der Waals surface area contributed by atoms with Crippen LogP contribution in [0.4, 0.5) is 13.2 Å². The summed E-state index contributed by atoms with van der Waals surface area (Å²) in [5.74, 6) is 0. The average molecular weight is 790 g/mol. The first-order valence-corrected chi connectivity index (χ1v) is 20.4. The first-order chi connectivity index (χ1) is 28.4. The summed E-state index contributed by atoms with van der Waals surface area (Å²) < 4.78 is 58.1. The summed E-state index contributed by atoms with van der Waals surface area (Å²) in [5.41, 5.74) is 3.37. The van der Waals surface area contributed by atoms with Crippen LogP contribution in [0.15, 0.2) is 158 Å². The van der Waals surface area contributed by atoms with Crippen molar-refractivity contribution in [3.05, 3.63) is 169 Å². The monoisotopic (exact) mass is 789 g/mol. The van der Waals surface area contributed by atoms with Crippen molar-refractivity contribution in [2.45, 2.75) is 6.18 Å². The van der Waals surface area contributed by atoms with E-state index in [4.69, 9.17) is 0 Å². The lowest BCUT2D eigenvalue weighted by Crippen LogP contribution is -2.17.